The van der Waals surface area contributed by atoms with Gasteiger partial charge in [0.05, 0.1) is 12.5 Å². The summed E-state index contributed by atoms with van der Waals surface area (Å²) in [5.41, 5.74) is 3.56. The van der Waals surface area contributed by atoms with Crippen LogP contribution in [0.25, 0.3) is 0 Å². The van der Waals surface area contributed by atoms with Crippen molar-refractivity contribution >= 4 is 41.0 Å². The molecule has 3 rings (SSSR count). The summed E-state index contributed by atoms with van der Waals surface area (Å²) in [5, 5.41) is 2.03. The molecule has 140 valence electrons. The number of esters is 1. The van der Waals surface area contributed by atoms with Crippen LogP contribution in [0.15, 0.2) is 48.5 Å². The van der Waals surface area contributed by atoms with E-state index in [1.165, 1.54) is 0 Å². The molecular weight excluding hydrogens is 391 g/mol. The maximum atomic E-state index is 12.3. The molecule has 0 spiro atoms. The zero-order valence-electron chi connectivity index (χ0n) is 14.2. The van der Waals surface area contributed by atoms with Gasteiger partial charge < -0.3 is 4.74 Å². The number of rotatable bonds is 5. The lowest BCUT2D eigenvalue weighted by Gasteiger charge is -2.17. The summed E-state index contributed by atoms with van der Waals surface area (Å²) in [6.45, 7) is 0.0422. The van der Waals surface area contributed by atoms with E-state index in [1.807, 2.05) is 0 Å². The Morgan fingerprint density at radius 1 is 1.15 bits per heavy atom. The predicted molar refractivity (Wildman–Crippen MR) is 100.0 cm³/mol. The fourth-order valence-corrected chi connectivity index (χ4v) is 3.12. The molecule has 1 aliphatic rings. The average Bonchev–Trinajstić information content (AvgIpc) is 3.02. The highest BCUT2D eigenvalue weighted by molar-refractivity contribution is 6.35. The van der Waals surface area contributed by atoms with Crippen molar-refractivity contribution in [3.63, 3.8) is 0 Å². The molecule has 1 saturated heterocycles. The largest absolute Gasteiger partial charge is 0.460 e. The number of benzene rings is 2. The van der Waals surface area contributed by atoms with Crippen molar-refractivity contribution in [1.29, 1.82) is 0 Å². The van der Waals surface area contributed by atoms with E-state index in [0.29, 0.717) is 21.2 Å². The van der Waals surface area contributed by atoms with Crippen molar-refractivity contribution in [3.05, 3.63) is 69.7 Å². The summed E-state index contributed by atoms with van der Waals surface area (Å²) in [4.78, 5) is 36.5. The Labute approximate surface area is 166 Å². The van der Waals surface area contributed by atoms with Gasteiger partial charge in [0, 0.05) is 27.6 Å². The predicted octanol–water partition coefficient (Wildman–Crippen LogP) is 3.23. The van der Waals surface area contributed by atoms with E-state index in [-0.39, 0.29) is 25.5 Å². The van der Waals surface area contributed by atoms with Crippen LogP contribution in [0.4, 0.5) is 0 Å². The molecule has 6 nitrogen and oxygen atoms in total. The Morgan fingerprint density at radius 3 is 2.59 bits per heavy atom. The van der Waals surface area contributed by atoms with E-state index < -0.39 is 17.8 Å². The molecule has 27 heavy (non-hydrogen) atoms. The first-order valence-corrected chi connectivity index (χ1v) is 8.96. The molecule has 2 aromatic rings. The highest BCUT2D eigenvalue weighted by atomic mass is 35.5. The summed E-state index contributed by atoms with van der Waals surface area (Å²) >= 11 is 11.9. The highest BCUT2D eigenvalue weighted by Crippen LogP contribution is 2.23. The summed E-state index contributed by atoms with van der Waals surface area (Å²) in [7, 11) is 0. The number of carbonyl (C=O) groups is 3. The molecule has 1 fully saturated rings. The van der Waals surface area contributed by atoms with Crippen molar-refractivity contribution in [3.8, 4) is 0 Å². The molecule has 0 aromatic heterocycles. The number of halogens is 2. The fourth-order valence-electron chi connectivity index (χ4n) is 2.66. The number of carbonyl (C=O) groups excluding carboxylic acids is 3. The number of nitrogens with one attached hydrogen (secondary N) is 1. The van der Waals surface area contributed by atoms with Gasteiger partial charge in [-0.05, 0) is 24.3 Å². The van der Waals surface area contributed by atoms with E-state index in [1.54, 1.807) is 48.5 Å². The van der Waals surface area contributed by atoms with Gasteiger partial charge in [0.2, 0.25) is 5.91 Å². The van der Waals surface area contributed by atoms with Crippen LogP contribution in [0.5, 0.6) is 0 Å². The molecule has 2 aromatic carbocycles. The van der Waals surface area contributed by atoms with E-state index >= 15 is 0 Å². The van der Waals surface area contributed by atoms with E-state index in [4.69, 9.17) is 27.9 Å². The van der Waals surface area contributed by atoms with Crippen molar-refractivity contribution in [2.45, 2.75) is 13.0 Å². The third-order valence-corrected chi connectivity index (χ3v) is 4.70. The maximum absolute atomic E-state index is 12.3. The van der Waals surface area contributed by atoms with E-state index in [2.05, 4.69) is 5.43 Å². The molecule has 1 atom stereocenters. The second kappa shape index (κ2) is 8.41. The fraction of sp³-hybridized carbons (Fsp3) is 0.211. The quantitative estimate of drug-likeness (QED) is 0.773. The van der Waals surface area contributed by atoms with E-state index in [9.17, 15) is 14.4 Å². The van der Waals surface area contributed by atoms with Crippen LogP contribution < -0.4 is 5.43 Å². The number of ether oxygens (including phenoxy) is 1. The van der Waals surface area contributed by atoms with Gasteiger partial charge in [0.15, 0.2) is 0 Å². The van der Waals surface area contributed by atoms with Crippen LogP contribution in [0.1, 0.15) is 22.3 Å². The Bertz CT molecular complexity index is 873. The van der Waals surface area contributed by atoms with Crippen molar-refractivity contribution < 1.29 is 19.1 Å². The van der Waals surface area contributed by atoms with Crippen LogP contribution in [-0.2, 0) is 20.9 Å². The standard InChI is InChI=1S/C19H16Cl2N2O4/c20-15-7-6-13(16(21)9-15)11-27-19(26)14-8-17(24)23(10-14)22-18(25)12-4-2-1-3-5-12/h1-7,9,14H,8,10-11H2,(H,22,25)/t14-/m0/s1. The number of nitrogens with zero attached hydrogens (tertiary/aromatic N) is 1. The molecular formula is C19H16Cl2N2O4. The lowest BCUT2D eigenvalue weighted by Crippen LogP contribution is -2.43. The van der Waals surface area contributed by atoms with E-state index in [0.717, 1.165) is 5.01 Å². The molecule has 1 aliphatic heterocycles. The molecule has 0 aliphatic carbocycles. The van der Waals surface area contributed by atoms with Gasteiger partial charge in [-0.1, -0.05) is 47.5 Å². The molecule has 0 unspecified atom stereocenters. The minimum atomic E-state index is -0.653. The van der Waals surface area contributed by atoms with Gasteiger partial charge in [0.25, 0.3) is 5.91 Å². The summed E-state index contributed by atoms with van der Waals surface area (Å²) in [6, 6.07) is 13.4. The Balaban J connectivity index is 1.55. The molecule has 0 saturated carbocycles. The van der Waals surface area contributed by atoms with Gasteiger partial charge >= 0.3 is 5.97 Å². The average molecular weight is 407 g/mol. The minimum absolute atomic E-state index is 0.0180. The van der Waals surface area contributed by atoms with Gasteiger partial charge in [-0.3, -0.25) is 24.8 Å². The van der Waals surface area contributed by atoms with Crippen LogP contribution in [0, 0.1) is 5.92 Å². The number of amides is 2. The minimum Gasteiger partial charge on any atom is -0.460 e. The summed E-state index contributed by atoms with van der Waals surface area (Å²) < 4.78 is 5.26. The summed E-state index contributed by atoms with van der Waals surface area (Å²) in [5.74, 6) is -1.93. The number of hydrogen-bond acceptors (Lipinski definition) is 4. The third-order valence-electron chi connectivity index (χ3n) is 4.12. The lowest BCUT2D eigenvalue weighted by atomic mass is 10.1. The van der Waals surface area contributed by atoms with Crippen LogP contribution in [0.3, 0.4) is 0 Å². The second-order valence-corrected chi connectivity index (χ2v) is 6.90. The van der Waals surface area contributed by atoms with Crippen molar-refractivity contribution in [2.75, 3.05) is 6.54 Å². The van der Waals surface area contributed by atoms with Crippen molar-refractivity contribution in [1.82, 2.24) is 10.4 Å². The van der Waals surface area contributed by atoms with Crippen LogP contribution in [-0.4, -0.2) is 29.3 Å². The molecule has 2 amide bonds. The first-order valence-electron chi connectivity index (χ1n) is 8.21. The number of hydrazine groups is 1. The summed E-state index contributed by atoms with van der Waals surface area (Å²) in [6.07, 6.45) is -0.0255. The van der Waals surface area contributed by atoms with Gasteiger partial charge in [-0.15, -0.1) is 0 Å². The second-order valence-electron chi connectivity index (χ2n) is 6.06. The maximum Gasteiger partial charge on any atom is 0.311 e. The monoisotopic (exact) mass is 406 g/mol. The number of hydrogen-bond donors (Lipinski definition) is 1. The zero-order chi connectivity index (χ0) is 19.4. The molecule has 0 radical (unpaired) electrons. The Kier molecular flexibility index (Phi) is 5.98. The molecule has 8 heteroatoms. The van der Waals surface area contributed by atoms with Crippen molar-refractivity contribution in [2.24, 2.45) is 5.92 Å². The van der Waals surface area contributed by atoms with Gasteiger partial charge in [-0.25, -0.2) is 0 Å². The Hall–Kier alpha value is -2.57. The van der Waals surface area contributed by atoms with Crippen LogP contribution >= 0.6 is 23.2 Å². The first kappa shape index (κ1) is 19.2. The molecule has 1 heterocycles. The first-order chi connectivity index (χ1) is 12.9. The third kappa shape index (κ3) is 4.78. The molecule has 1 N–H and O–H groups in total. The normalized spacial score (nSPS) is 16.3. The lowest BCUT2D eigenvalue weighted by molar-refractivity contribution is -0.149. The van der Waals surface area contributed by atoms with Crippen LogP contribution in [0.2, 0.25) is 10.0 Å². The Morgan fingerprint density at radius 2 is 1.89 bits per heavy atom. The zero-order valence-corrected chi connectivity index (χ0v) is 15.7. The van der Waals surface area contributed by atoms with Gasteiger partial charge in [-0.2, -0.15) is 0 Å². The SMILES string of the molecule is O=C(NN1C[C@@H](C(=O)OCc2ccc(Cl)cc2Cl)CC1=O)c1ccccc1. The topological polar surface area (TPSA) is 75.7 Å². The smallest absolute Gasteiger partial charge is 0.311 e. The molecule has 0 bridgehead atoms. The highest BCUT2D eigenvalue weighted by Gasteiger charge is 2.36. The van der Waals surface area contributed by atoms with Gasteiger partial charge in [0.1, 0.15) is 6.61 Å².